The lowest BCUT2D eigenvalue weighted by Crippen LogP contribution is -2.48. The average molecular weight is 439 g/mol. The Hall–Kier alpha value is -3.41. The third-order valence-corrected chi connectivity index (χ3v) is 6.01. The first-order chi connectivity index (χ1) is 15.5. The maximum atomic E-state index is 14.1. The molecule has 168 valence electrons. The van der Waals surface area contributed by atoms with E-state index in [1.165, 1.54) is 18.6 Å². The molecule has 2 heterocycles. The molecule has 0 spiro atoms. The number of hydrogen-bond acceptors (Lipinski definition) is 7. The van der Waals surface area contributed by atoms with E-state index < -0.39 is 5.82 Å². The summed E-state index contributed by atoms with van der Waals surface area (Å²) in [7, 11) is 0. The second-order valence-electron chi connectivity index (χ2n) is 8.37. The number of alkyl carbamates (subject to hydrolysis) is 1. The van der Waals surface area contributed by atoms with Crippen LogP contribution in [0.4, 0.5) is 21.0 Å². The number of carbonyl (C=O) groups is 1. The topological polar surface area (TPSA) is 117 Å². The van der Waals surface area contributed by atoms with E-state index in [9.17, 15) is 9.18 Å². The van der Waals surface area contributed by atoms with Gasteiger partial charge in [-0.2, -0.15) is 10.2 Å². The normalized spacial score (nSPS) is 19.2. The molecule has 3 N–H and O–H groups in total. The number of nitriles is 1. The number of hydrogen-bond donors (Lipinski definition) is 2. The van der Waals surface area contributed by atoms with Gasteiger partial charge in [-0.25, -0.2) is 14.2 Å². The summed E-state index contributed by atoms with van der Waals surface area (Å²) < 4.78 is 19.7. The highest BCUT2D eigenvalue weighted by Crippen LogP contribution is 2.26. The van der Waals surface area contributed by atoms with Crippen LogP contribution in [0, 0.1) is 17.1 Å². The van der Waals surface area contributed by atoms with Crippen LogP contribution in [0.1, 0.15) is 50.5 Å². The number of nitrogens with zero attached hydrogens (tertiary/aromatic N) is 4. The summed E-state index contributed by atoms with van der Waals surface area (Å²) in [6.07, 6.45) is 6.67. The number of piperidine rings is 1. The van der Waals surface area contributed by atoms with Crippen molar-refractivity contribution in [2.24, 2.45) is 0 Å². The van der Waals surface area contributed by atoms with E-state index in [0.717, 1.165) is 45.1 Å². The fourth-order valence-corrected chi connectivity index (χ4v) is 4.37. The summed E-state index contributed by atoms with van der Waals surface area (Å²) in [5.41, 5.74) is 6.89. The highest BCUT2D eigenvalue weighted by atomic mass is 19.1. The van der Waals surface area contributed by atoms with Crippen LogP contribution < -0.4 is 16.0 Å². The van der Waals surface area contributed by atoms with Gasteiger partial charge in [0.2, 0.25) is 5.95 Å². The van der Waals surface area contributed by atoms with E-state index in [0.29, 0.717) is 23.6 Å². The maximum absolute atomic E-state index is 14.1. The summed E-state index contributed by atoms with van der Waals surface area (Å²) >= 11 is 0. The van der Waals surface area contributed by atoms with Crippen molar-refractivity contribution >= 4 is 17.9 Å². The summed E-state index contributed by atoms with van der Waals surface area (Å²) in [6.45, 7) is 1.32. The smallest absolute Gasteiger partial charge is 0.407 e. The van der Waals surface area contributed by atoms with Crippen molar-refractivity contribution < 1.29 is 13.9 Å². The molecule has 0 bridgehead atoms. The molecule has 0 radical (unpaired) electrons. The summed E-state index contributed by atoms with van der Waals surface area (Å²) in [5.74, 6) is 0.0842. The molecule has 32 heavy (non-hydrogen) atoms. The number of benzene rings is 1. The van der Waals surface area contributed by atoms with Crippen LogP contribution in [0.2, 0.25) is 0 Å². The van der Waals surface area contributed by atoms with Crippen molar-refractivity contribution in [1.82, 2.24) is 15.3 Å². The first kappa shape index (κ1) is 21.8. The zero-order valence-electron chi connectivity index (χ0n) is 17.9. The highest BCUT2D eigenvalue weighted by Gasteiger charge is 2.25. The quantitative estimate of drug-likeness (QED) is 0.746. The minimum absolute atomic E-state index is 0.0143. The second kappa shape index (κ2) is 9.81. The molecule has 4 rings (SSSR count). The number of aromatic nitrogens is 2. The zero-order valence-corrected chi connectivity index (χ0v) is 17.9. The third kappa shape index (κ3) is 5.25. The van der Waals surface area contributed by atoms with Crippen molar-refractivity contribution in [2.45, 2.75) is 57.1 Å². The number of anilines is 2. The fraction of sp³-hybridized carbons (Fsp3) is 0.478. The molecule has 2 aromatic rings. The van der Waals surface area contributed by atoms with Crippen molar-refractivity contribution in [3.05, 3.63) is 35.6 Å². The van der Waals surface area contributed by atoms with Gasteiger partial charge in [-0.05, 0) is 50.7 Å². The number of carbonyl (C=O) groups excluding carboxylic acids is 1. The molecule has 1 aliphatic heterocycles. The number of ether oxygens (including phenoxy) is 1. The highest BCUT2D eigenvalue weighted by molar-refractivity contribution is 5.68. The molecule has 1 saturated heterocycles. The maximum Gasteiger partial charge on any atom is 0.407 e. The standard InChI is InChI=1S/C23H27FN6O2/c24-19-11-15(8-9-16(19)13-25)20-12-21(29-22(26)28-20)30-10-4-5-17(14-30)27-23(31)32-18-6-2-1-3-7-18/h8-9,11-12,17-18H,1-7,10,14H2,(H,27,31)(H2,26,28,29). The molecule has 1 amide bonds. The number of nitrogens with two attached hydrogens (primary N) is 1. The number of nitrogen functional groups attached to an aromatic ring is 1. The van der Waals surface area contributed by atoms with E-state index in [-0.39, 0.29) is 29.8 Å². The van der Waals surface area contributed by atoms with Gasteiger partial charge in [-0.3, -0.25) is 0 Å². The van der Waals surface area contributed by atoms with Gasteiger partial charge in [0.05, 0.1) is 11.3 Å². The molecule has 1 aromatic heterocycles. The molecule has 1 atom stereocenters. The van der Waals surface area contributed by atoms with Gasteiger partial charge in [0.15, 0.2) is 0 Å². The van der Waals surface area contributed by atoms with E-state index in [4.69, 9.17) is 15.7 Å². The molecule has 2 aliphatic rings. The Morgan fingerprint density at radius 2 is 2.00 bits per heavy atom. The average Bonchev–Trinajstić information content (AvgIpc) is 2.79. The molecular formula is C23H27FN6O2. The van der Waals surface area contributed by atoms with Crippen LogP contribution in [-0.4, -0.2) is 41.3 Å². The lowest BCUT2D eigenvalue weighted by Gasteiger charge is -2.34. The van der Waals surface area contributed by atoms with Crippen LogP contribution >= 0.6 is 0 Å². The van der Waals surface area contributed by atoms with Gasteiger partial charge in [-0.1, -0.05) is 12.5 Å². The Bertz CT molecular complexity index is 1020. The van der Waals surface area contributed by atoms with Crippen LogP contribution in [0.15, 0.2) is 24.3 Å². The number of nitrogens with one attached hydrogen (secondary N) is 1. The van der Waals surface area contributed by atoms with Gasteiger partial charge in [0.25, 0.3) is 0 Å². The van der Waals surface area contributed by atoms with Gasteiger partial charge in [0.1, 0.15) is 23.8 Å². The Morgan fingerprint density at radius 3 is 2.75 bits per heavy atom. The monoisotopic (exact) mass is 438 g/mol. The van der Waals surface area contributed by atoms with Crippen LogP contribution in [0.25, 0.3) is 11.3 Å². The van der Waals surface area contributed by atoms with Gasteiger partial charge in [0, 0.05) is 30.8 Å². The zero-order chi connectivity index (χ0) is 22.5. The van der Waals surface area contributed by atoms with Crippen molar-refractivity contribution in [2.75, 3.05) is 23.7 Å². The molecule has 1 aromatic carbocycles. The molecule has 1 aliphatic carbocycles. The van der Waals surface area contributed by atoms with E-state index in [1.807, 2.05) is 11.0 Å². The van der Waals surface area contributed by atoms with Crippen molar-refractivity contribution in [3.8, 4) is 17.3 Å². The Balaban J connectivity index is 1.44. The lowest BCUT2D eigenvalue weighted by atomic mass is 9.98. The van der Waals surface area contributed by atoms with Crippen molar-refractivity contribution in [1.29, 1.82) is 5.26 Å². The Labute approximate surface area is 186 Å². The van der Waals surface area contributed by atoms with E-state index in [1.54, 1.807) is 12.1 Å². The second-order valence-corrected chi connectivity index (χ2v) is 8.37. The van der Waals surface area contributed by atoms with Gasteiger partial charge in [-0.15, -0.1) is 0 Å². The first-order valence-corrected chi connectivity index (χ1v) is 11.1. The summed E-state index contributed by atoms with van der Waals surface area (Å²) in [6, 6.07) is 7.82. The van der Waals surface area contributed by atoms with E-state index in [2.05, 4.69) is 15.3 Å². The number of halogens is 1. The number of rotatable bonds is 4. The largest absolute Gasteiger partial charge is 0.446 e. The molecular weight excluding hydrogens is 411 g/mol. The molecule has 2 fully saturated rings. The SMILES string of the molecule is N#Cc1ccc(-c2cc(N3CCCC(NC(=O)OC4CCCCC4)C3)nc(N)n2)cc1F. The molecule has 1 saturated carbocycles. The summed E-state index contributed by atoms with van der Waals surface area (Å²) in [4.78, 5) is 23.0. The molecule has 1 unspecified atom stereocenters. The Kier molecular flexibility index (Phi) is 6.69. The minimum atomic E-state index is -0.609. The summed E-state index contributed by atoms with van der Waals surface area (Å²) in [5, 5.41) is 11.9. The van der Waals surface area contributed by atoms with Crippen LogP contribution in [0.5, 0.6) is 0 Å². The third-order valence-electron chi connectivity index (χ3n) is 6.01. The first-order valence-electron chi connectivity index (χ1n) is 11.1. The van der Waals surface area contributed by atoms with Gasteiger partial charge < -0.3 is 20.7 Å². The van der Waals surface area contributed by atoms with Crippen molar-refractivity contribution in [3.63, 3.8) is 0 Å². The van der Waals surface area contributed by atoms with Crippen LogP contribution in [0.3, 0.4) is 0 Å². The van der Waals surface area contributed by atoms with E-state index >= 15 is 0 Å². The lowest BCUT2D eigenvalue weighted by molar-refractivity contribution is 0.0723. The minimum Gasteiger partial charge on any atom is -0.446 e. The van der Waals surface area contributed by atoms with Crippen LogP contribution in [-0.2, 0) is 4.74 Å². The Morgan fingerprint density at radius 1 is 1.19 bits per heavy atom. The molecule has 8 nitrogen and oxygen atoms in total. The molecule has 9 heteroatoms. The van der Waals surface area contributed by atoms with Gasteiger partial charge >= 0.3 is 6.09 Å². The predicted octanol–water partition coefficient (Wildman–Crippen LogP) is 3.76. The number of amides is 1. The fourth-order valence-electron chi connectivity index (χ4n) is 4.37. The predicted molar refractivity (Wildman–Crippen MR) is 118 cm³/mol.